The van der Waals surface area contributed by atoms with Crippen LogP contribution in [0.2, 0.25) is 0 Å². The lowest BCUT2D eigenvalue weighted by Gasteiger charge is -2.28. The molecule has 2 unspecified atom stereocenters. The van der Waals surface area contributed by atoms with Crippen LogP contribution in [-0.2, 0) is 0 Å². The molecule has 0 aliphatic carbocycles. The maximum atomic E-state index is 10.2. The molecule has 0 fully saturated rings. The first kappa shape index (κ1) is 14.9. The van der Waals surface area contributed by atoms with Gasteiger partial charge in [-0.3, -0.25) is 0 Å². The molecule has 2 nitrogen and oxygen atoms in total. The van der Waals surface area contributed by atoms with Crippen molar-refractivity contribution in [1.29, 1.82) is 0 Å². The Labute approximate surface area is 95.5 Å². The quantitative estimate of drug-likeness (QED) is 0.620. The van der Waals surface area contributed by atoms with E-state index in [2.05, 4.69) is 19.2 Å². The van der Waals surface area contributed by atoms with Crippen molar-refractivity contribution in [3.63, 3.8) is 0 Å². The summed E-state index contributed by atoms with van der Waals surface area (Å²) in [4.78, 5) is 0. The molecule has 15 heavy (non-hydrogen) atoms. The Morgan fingerprint density at radius 1 is 1.33 bits per heavy atom. The normalized spacial score (nSPS) is 17.4. The summed E-state index contributed by atoms with van der Waals surface area (Å²) in [5.74, 6) is 0.691. The van der Waals surface area contributed by atoms with Crippen LogP contribution in [0, 0.1) is 5.92 Å². The molecule has 0 radical (unpaired) electrons. The molecule has 0 heterocycles. The maximum absolute atomic E-state index is 10.2. The van der Waals surface area contributed by atoms with E-state index in [0.29, 0.717) is 5.92 Å². The van der Waals surface area contributed by atoms with Gasteiger partial charge in [0.2, 0.25) is 0 Å². The van der Waals surface area contributed by atoms with E-state index >= 15 is 0 Å². The molecule has 0 rings (SSSR count). The van der Waals surface area contributed by atoms with Gasteiger partial charge in [0.15, 0.2) is 0 Å². The van der Waals surface area contributed by atoms with Gasteiger partial charge in [-0.15, -0.1) is 0 Å². The molecular formula is C13H29NO. The standard InChI is InChI=1S/C13H29NO/c1-5-7-8-12(6-2)11-13(3,15)9-10-14-4/h12,14-15H,5-11H2,1-4H3. The van der Waals surface area contributed by atoms with Crippen LogP contribution in [0.4, 0.5) is 0 Å². The molecule has 0 aliphatic rings. The summed E-state index contributed by atoms with van der Waals surface area (Å²) >= 11 is 0. The van der Waals surface area contributed by atoms with E-state index in [1.165, 1.54) is 25.7 Å². The van der Waals surface area contributed by atoms with Crippen molar-refractivity contribution in [2.75, 3.05) is 13.6 Å². The van der Waals surface area contributed by atoms with Crippen molar-refractivity contribution in [2.24, 2.45) is 5.92 Å². The minimum atomic E-state index is -0.489. The predicted octanol–water partition coefficient (Wildman–Crippen LogP) is 2.95. The Hall–Kier alpha value is -0.0800. The first-order valence-corrected chi connectivity index (χ1v) is 6.42. The van der Waals surface area contributed by atoms with Crippen LogP contribution in [0.1, 0.15) is 59.3 Å². The number of aliphatic hydroxyl groups is 1. The monoisotopic (exact) mass is 215 g/mol. The van der Waals surface area contributed by atoms with Gasteiger partial charge in [-0.05, 0) is 39.3 Å². The van der Waals surface area contributed by atoms with E-state index in [1.807, 2.05) is 14.0 Å². The molecule has 0 saturated heterocycles. The van der Waals surface area contributed by atoms with Crippen LogP contribution in [0.3, 0.4) is 0 Å². The molecular weight excluding hydrogens is 186 g/mol. The van der Waals surface area contributed by atoms with Crippen LogP contribution in [0.5, 0.6) is 0 Å². The molecule has 0 aromatic rings. The molecule has 0 amide bonds. The zero-order chi connectivity index (χ0) is 11.7. The molecule has 0 aliphatic heterocycles. The van der Waals surface area contributed by atoms with Gasteiger partial charge in [0.25, 0.3) is 0 Å². The van der Waals surface area contributed by atoms with Crippen molar-refractivity contribution < 1.29 is 5.11 Å². The highest BCUT2D eigenvalue weighted by Crippen LogP contribution is 2.26. The summed E-state index contributed by atoms with van der Waals surface area (Å²) in [6, 6.07) is 0. The number of hydrogen-bond donors (Lipinski definition) is 2. The topological polar surface area (TPSA) is 32.3 Å². The summed E-state index contributed by atoms with van der Waals surface area (Å²) in [5, 5.41) is 13.3. The Bertz CT molecular complexity index is 145. The average Bonchev–Trinajstić information content (AvgIpc) is 2.21. The molecule has 0 aromatic heterocycles. The minimum Gasteiger partial charge on any atom is -0.390 e. The highest BCUT2D eigenvalue weighted by Gasteiger charge is 2.23. The van der Waals surface area contributed by atoms with Gasteiger partial charge < -0.3 is 10.4 Å². The van der Waals surface area contributed by atoms with Crippen LogP contribution >= 0.6 is 0 Å². The second-order valence-electron chi connectivity index (χ2n) is 4.97. The first-order chi connectivity index (χ1) is 7.05. The van der Waals surface area contributed by atoms with Crippen LogP contribution in [0.25, 0.3) is 0 Å². The van der Waals surface area contributed by atoms with Gasteiger partial charge in [0.05, 0.1) is 5.60 Å². The number of nitrogens with one attached hydrogen (secondary N) is 1. The molecule has 2 heteroatoms. The minimum absolute atomic E-state index is 0.489. The second kappa shape index (κ2) is 8.12. The van der Waals surface area contributed by atoms with Gasteiger partial charge in [-0.1, -0.05) is 39.5 Å². The van der Waals surface area contributed by atoms with Gasteiger partial charge in [-0.2, -0.15) is 0 Å². The van der Waals surface area contributed by atoms with Crippen molar-refractivity contribution in [3.05, 3.63) is 0 Å². The fourth-order valence-corrected chi connectivity index (χ4v) is 2.06. The van der Waals surface area contributed by atoms with Crippen LogP contribution < -0.4 is 5.32 Å². The lowest BCUT2D eigenvalue weighted by Crippen LogP contribution is -2.31. The molecule has 92 valence electrons. The highest BCUT2D eigenvalue weighted by atomic mass is 16.3. The Morgan fingerprint density at radius 2 is 2.00 bits per heavy atom. The van der Waals surface area contributed by atoms with Gasteiger partial charge in [0, 0.05) is 0 Å². The van der Waals surface area contributed by atoms with Gasteiger partial charge in [0.1, 0.15) is 0 Å². The molecule has 0 saturated carbocycles. The Kier molecular flexibility index (Phi) is 8.07. The third-order valence-electron chi connectivity index (χ3n) is 3.19. The lowest BCUT2D eigenvalue weighted by atomic mass is 9.85. The summed E-state index contributed by atoms with van der Waals surface area (Å²) < 4.78 is 0. The van der Waals surface area contributed by atoms with E-state index in [4.69, 9.17) is 0 Å². The molecule has 0 bridgehead atoms. The van der Waals surface area contributed by atoms with E-state index in [1.54, 1.807) is 0 Å². The van der Waals surface area contributed by atoms with E-state index < -0.39 is 5.60 Å². The lowest BCUT2D eigenvalue weighted by molar-refractivity contribution is 0.0238. The Balaban J connectivity index is 3.90. The molecule has 0 spiro atoms. The molecule has 2 N–H and O–H groups in total. The van der Waals surface area contributed by atoms with Crippen LogP contribution in [-0.4, -0.2) is 24.3 Å². The maximum Gasteiger partial charge on any atom is 0.0634 e. The Morgan fingerprint density at radius 3 is 2.47 bits per heavy atom. The first-order valence-electron chi connectivity index (χ1n) is 6.42. The zero-order valence-electron chi connectivity index (χ0n) is 11.0. The van der Waals surface area contributed by atoms with Gasteiger partial charge >= 0.3 is 0 Å². The zero-order valence-corrected chi connectivity index (χ0v) is 11.0. The van der Waals surface area contributed by atoms with Crippen molar-refractivity contribution in [3.8, 4) is 0 Å². The second-order valence-corrected chi connectivity index (χ2v) is 4.97. The van der Waals surface area contributed by atoms with Crippen molar-refractivity contribution in [1.82, 2.24) is 5.32 Å². The predicted molar refractivity (Wildman–Crippen MR) is 67.1 cm³/mol. The van der Waals surface area contributed by atoms with Crippen molar-refractivity contribution >= 4 is 0 Å². The fraction of sp³-hybridized carbons (Fsp3) is 1.00. The average molecular weight is 215 g/mol. The number of hydrogen-bond acceptors (Lipinski definition) is 2. The SMILES string of the molecule is CCCCC(CC)CC(C)(O)CCNC. The fourth-order valence-electron chi connectivity index (χ4n) is 2.06. The highest BCUT2D eigenvalue weighted by molar-refractivity contribution is 4.77. The van der Waals surface area contributed by atoms with E-state index in [9.17, 15) is 5.11 Å². The largest absolute Gasteiger partial charge is 0.390 e. The molecule has 2 atom stereocenters. The third kappa shape index (κ3) is 7.80. The van der Waals surface area contributed by atoms with E-state index in [0.717, 1.165) is 19.4 Å². The number of unbranched alkanes of at least 4 members (excludes halogenated alkanes) is 1. The van der Waals surface area contributed by atoms with E-state index in [-0.39, 0.29) is 0 Å². The summed E-state index contributed by atoms with van der Waals surface area (Å²) in [6.07, 6.45) is 6.81. The molecule has 0 aromatic carbocycles. The van der Waals surface area contributed by atoms with Crippen molar-refractivity contribution in [2.45, 2.75) is 64.9 Å². The smallest absolute Gasteiger partial charge is 0.0634 e. The summed E-state index contributed by atoms with van der Waals surface area (Å²) in [7, 11) is 1.93. The summed E-state index contributed by atoms with van der Waals surface area (Å²) in [5.41, 5.74) is -0.489. The van der Waals surface area contributed by atoms with Gasteiger partial charge in [-0.25, -0.2) is 0 Å². The summed E-state index contributed by atoms with van der Waals surface area (Å²) in [6.45, 7) is 7.33. The number of rotatable bonds is 9. The third-order valence-corrected chi connectivity index (χ3v) is 3.19. The van der Waals surface area contributed by atoms with Crippen LogP contribution in [0.15, 0.2) is 0 Å².